The highest BCUT2D eigenvalue weighted by molar-refractivity contribution is 6.07. The van der Waals surface area contributed by atoms with Crippen LogP contribution >= 0.6 is 0 Å². The fourth-order valence-electron chi connectivity index (χ4n) is 2.52. The Kier molecular flexibility index (Phi) is 4.37. The molecule has 0 radical (unpaired) electrons. The molecule has 1 aliphatic rings. The molecule has 2 heterocycles. The number of likely N-dealkylation sites (N-methyl/N-ethyl adjacent to an activating group) is 1. The number of carbonyl (C=O) groups excluding carboxylic acids is 2. The summed E-state index contributed by atoms with van der Waals surface area (Å²) >= 11 is 0. The molecule has 0 atom stereocenters. The third-order valence-corrected chi connectivity index (χ3v) is 3.79. The molecule has 2 amide bonds. The largest absolute Gasteiger partial charge is 0.489 e. The van der Waals surface area contributed by atoms with Crippen molar-refractivity contribution in [3.8, 4) is 5.75 Å². The third kappa shape index (κ3) is 3.32. The molecule has 2 aromatic rings. The lowest BCUT2D eigenvalue weighted by molar-refractivity contribution is -0.118. The first-order chi connectivity index (χ1) is 11.5. The molecule has 0 saturated heterocycles. The van der Waals surface area contributed by atoms with Crippen molar-refractivity contribution in [3.63, 3.8) is 0 Å². The van der Waals surface area contributed by atoms with E-state index in [1.54, 1.807) is 23.0 Å². The van der Waals surface area contributed by atoms with Crippen LogP contribution in [-0.4, -0.2) is 41.8 Å². The van der Waals surface area contributed by atoms with Crippen LogP contribution in [0.25, 0.3) is 0 Å². The monoisotopic (exact) mass is 329 g/mol. The van der Waals surface area contributed by atoms with E-state index in [4.69, 9.17) is 10.5 Å². The minimum Gasteiger partial charge on any atom is -0.489 e. The molecule has 126 valence electrons. The second-order valence-electron chi connectivity index (χ2n) is 5.56. The number of anilines is 2. The lowest BCUT2D eigenvalue weighted by atomic mass is 10.1. The van der Waals surface area contributed by atoms with Crippen LogP contribution in [0, 0.1) is 0 Å². The first kappa shape index (κ1) is 15.9. The Morgan fingerprint density at radius 1 is 1.38 bits per heavy atom. The number of para-hydroxylation sites is 1. The number of rotatable bonds is 5. The van der Waals surface area contributed by atoms with Gasteiger partial charge in [-0.05, 0) is 12.1 Å². The van der Waals surface area contributed by atoms with Gasteiger partial charge in [0.2, 0.25) is 5.91 Å². The van der Waals surface area contributed by atoms with Crippen LogP contribution in [0.4, 0.5) is 11.5 Å². The number of ether oxygens (including phenoxy) is 1. The highest BCUT2D eigenvalue weighted by Crippen LogP contribution is 2.34. The molecule has 8 heteroatoms. The summed E-state index contributed by atoms with van der Waals surface area (Å²) in [5.74, 6) is 0.304. The van der Waals surface area contributed by atoms with Gasteiger partial charge in [0.05, 0.1) is 17.8 Å². The number of fused-ring (bicyclic) bond motifs is 1. The molecular formula is C16H19N5O3. The molecule has 3 N–H and O–H groups in total. The molecule has 3 rings (SSSR count). The molecule has 24 heavy (non-hydrogen) atoms. The highest BCUT2D eigenvalue weighted by atomic mass is 16.5. The van der Waals surface area contributed by atoms with Gasteiger partial charge in [0.25, 0.3) is 5.91 Å². The van der Waals surface area contributed by atoms with Gasteiger partial charge in [0, 0.05) is 32.3 Å². The van der Waals surface area contributed by atoms with E-state index in [0.29, 0.717) is 30.3 Å². The van der Waals surface area contributed by atoms with Crippen molar-refractivity contribution < 1.29 is 14.3 Å². The van der Waals surface area contributed by atoms with Gasteiger partial charge >= 0.3 is 0 Å². The molecule has 1 aromatic carbocycles. The molecule has 0 saturated carbocycles. The number of nitrogens with two attached hydrogens (primary N) is 1. The smallest absolute Gasteiger partial charge is 0.260 e. The van der Waals surface area contributed by atoms with Crippen molar-refractivity contribution in [2.75, 3.05) is 30.4 Å². The minimum atomic E-state index is -0.395. The third-order valence-electron chi connectivity index (χ3n) is 3.79. The van der Waals surface area contributed by atoms with E-state index in [-0.39, 0.29) is 12.3 Å². The Hall–Kier alpha value is -3.03. The zero-order valence-corrected chi connectivity index (χ0v) is 13.4. The van der Waals surface area contributed by atoms with Gasteiger partial charge in [-0.3, -0.25) is 14.3 Å². The maximum absolute atomic E-state index is 12.5. The number of aromatic nitrogens is 2. The summed E-state index contributed by atoms with van der Waals surface area (Å²) in [5.41, 5.74) is 6.47. The average Bonchev–Trinajstić information content (AvgIpc) is 3.00. The normalized spacial score (nSPS) is 13.1. The van der Waals surface area contributed by atoms with Gasteiger partial charge in [0.1, 0.15) is 6.61 Å². The zero-order valence-electron chi connectivity index (χ0n) is 13.4. The van der Waals surface area contributed by atoms with Crippen LogP contribution in [0.2, 0.25) is 0 Å². The van der Waals surface area contributed by atoms with Crippen molar-refractivity contribution in [2.45, 2.75) is 13.0 Å². The van der Waals surface area contributed by atoms with Gasteiger partial charge in [-0.2, -0.15) is 5.10 Å². The quantitative estimate of drug-likeness (QED) is 0.846. The van der Waals surface area contributed by atoms with Crippen LogP contribution < -0.4 is 20.7 Å². The summed E-state index contributed by atoms with van der Waals surface area (Å²) in [6, 6.07) is 7.13. The van der Waals surface area contributed by atoms with Crippen molar-refractivity contribution in [2.24, 2.45) is 5.73 Å². The van der Waals surface area contributed by atoms with Crippen LogP contribution in [0.1, 0.15) is 16.8 Å². The second-order valence-corrected chi connectivity index (χ2v) is 5.56. The van der Waals surface area contributed by atoms with Crippen LogP contribution in [-0.2, 0) is 11.3 Å². The molecular weight excluding hydrogens is 310 g/mol. The number of hydrogen-bond acceptors (Lipinski definition) is 5. The fraction of sp³-hybridized carbons (Fsp3) is 0.312. The Bertz CT molecular complexity index is 771. The van der Waals surface area contributed by atoms with Crippen molar-refractivity contribution in [3.05, 3.63) is 36.0 Å². The summed E-state index contributed by atoms with van der Waals surface area (Å²) in [6.45, 7) is 1.69. The lowest BCUT2D eigenvalue weighted by Gasteiger charge is -2.28. The maximum Gasteiger partial charge on any atom is 0.260 e. The highest BCUT2D eigenvalue weighted by Gasteiger charge is 2.22. The summed E-state index contributed by atoms with van der Waals surface area (Å²) in [5, 5.41) is 6.95. The molecule has 1 aromatic heterocycles. The van der Waals surface area contributed by atoms with Crippen molar-refractivity contribution in [1.82, 2.24) is 9.78 Å². The van der Waals surface area contributed by atoms with E-state index in [2.05, 4.69) is 10.4 Å². The minimum absolute atomic E-state index is 0.196. The summed E-state index contributed by atoms with van der Waals surface area (Å²) in [7, 11) is 1.96. The number of benzene rings is 1. The molecule has 0 bridgehead atoms. The summed E-state index contributed by atoms with van der Waals surface area (Å²) < 4.78 is 7.24. The average molecular weight is 329 g/mol. The van der Waals surface area contributed by atoms with E-state index in [1.165, 1.54) is 0 Å². The van der Waals surface area contributed by atoms with Crippen molar-refractivity contribution >= 4 is 23.3 Å². The van der Waals surface area contributed by atoms with E-state index in [0.717, 1.165) is 12.2 Å². The second kappa shape index (κ2) is 6.61. The SMILES string of the molecule is CN1CCOc2c(C(=O)Nc3ccn(CCC(N)=O)n3)cccc21. The first-order valence-electron chi connectivity index (χ1n) is 7.64. The van der Waals surface area contributed by atoms with Crippen LogP contribution in [0.15, 0.2) is 30.5 Å². The molecule has 0 fully saturated rings. The standard InChI is InChI=1S/C16H19N5O3/c1-20-9-10-24-15-11(3-2-4-12(15)20)16(23)18-14-6-8-21(19-14)7-5-13(17)22/h2-4,6,8H,5,7,9-10H2,1H3,(H2,17,22)(H,18,19,23). The van der Waals surface area contributed by atoms with E-state index in [9.17, 15) is 9.59 Å². The first-order valence-corrected chi connectivity index (χ1v) is 7.64. The van der Waals surface area contributed by atoms with E-state index in [1.807, 2.05) is 24.1 Å². The molecule has 0 aliphatic carbocycles. The van der Waals surface area contributed by atoms with E-state index < -0.39 is 5.91 Å². The van der Waals surface area contributed by atoms with Crippen LogP contribution in [0.5, 0.6) is 5.75 Å². The Balaban J connectivity index is 1.74. The van der Waals surface area contributed by atoms with Crippen molar-refractivity contribution in [1.29, 1.82) is 0 Å². The van der Waals surface area contributed by atoms with Gasteiger partial charge < -0.3 is 20.7 Å². The topological polar surface area (TPSA) is 102 Å². The molecule has 8 nitrogen and oxygen atoms in total. The lowest BCUT2D eigenvalue weighted by Crippen LogP contribution is -2.30. The maximum atomic E-state index is 12.5. The number of carbonyl (C=O) groups is 2. The number of primary amides is 1. The number of amides is 2. The van der Waals surface area contributed by atoms with E-state index >= 15 is 0 Å². The summed E-state index contributed by atoms with van der Waals surface area (Å²) in [6.07, 6.45) is 1.88. The molecule has 0 spiro atoms. The van der Waals surface area contributed by atoms with Gasteiger partial charge in [-0.1, -0.05) is 6.07 Å². The number of nitrogens with one attached hydrogen (secondary N) is 1. The van der Waals surface area contributed by atoms with Gasteiger partial charge in [0.15, 0.2) is 11.6 Å². The van der Waals surface area contributed by atoms with Gasteiger partial charge in [-0.15, -0.1) is 0 Å². The Morgan fingerprint density at radius 2 is 2.21 bits per heavy atom. The zero-order chi connectivity index (χ0) is 17.1. The number of aryl methyl sites for hydroxylation is 1. The Labute approximate surface area is 139 Å². The number of nitrogens with zero attached hydrogens (tertiary/aromatic N) is 3. The van der Waals surface area contributed by atoms with Gasteiger partial charge in [-0.25, -0.2) is 0 Å². The molecule has 0 unspecified atom stereocenters. The molecule has 1 aliphatic heterocycles. The Morgan fingerprint density at radius 3 is 3.00 bits per heavy atom. The predicted octanol–water partition coefficient (Wildman–Crippen LogP) is 0.839. The number of hydrogen-bond donors (Lipinski definition) is 2. The predicted molar refractivity (Wildman–Crippen MR) is 89.2 cm³/mol. The fourth-order valence-corrected chi connectivity index (χ4v) is 2.52. The summed E-state index contributed by atoms with van der Waals surface area (Å²) in [4.78, 5) is 25.4. The van der Waals surface area contributed by atoms with Crippen LogP contribution in [0.3, 0.4) is 0 Å².